The molecule has 1 aliphatic heterocycles. The van der Waals surface area contributed by atoms with E-state index in [1.165, 1.54) is 5.69 Å². The first-order valence-electron chi connectivity index (χ1n) is 9.88. The molecule has 1 fully saturated rings. The second-order valence-electron chi connectivity index (χ2n) is 7.67. The summed E-state index contributed by atoms with van der Waals surface area (Å²) in [6.45, 7) is 7.37. The van der Waals surface area contributed by atoms with Crippen LogP contribution in [0.1, 0.15) is 18.2 Å². The second kappa shape index (κ2) is 7.78. The average molecular weight is 377 g/mol. The van der Waals surface area contributed by atoms with Crippen LogP contribution >= 0.6 is 0 Å². The van der Waals surface area contributed by atoms with Crippen molar-refractivity contribution < 1.29 is 5.11 Å². The van der Waals surface area contributed by atoms with Crippen LogP contribution in [0.4, 0.5) is 17.1 Å². The number of pyridine rings is 1. The van der Waals surface area contributed by atoms with Gasteiger partial charge >= 0.3 is 0 Å². The van der Waals surface area contributed by atoms with Gasteiger partial charge in [0.25, 0.3) is 0 Å². The van der Waals surface area contributed by atoms with Crippen LogP contribution in [0.5, 0.6) is 0 Å². The molecule has 0 bridgehead atoms. The smallest absolute Gasteiger partial charge is 0.0726 e. The summed E-state index contributed by atoms with van der Waals surface area (Å²) in [6.07, 6.45) is 0. The second-order valence-corrected chi connectivity index (χ2v) is 7.67. The molecule has 1 saturated heterocycles. The molecule has 0 aliphatic carbocycles. The van der Waals surface area contributed by atoms with Gasteiger partial charge in [-0.3, -0.25) is 4.98 Å². The van der Waals surface area contributed by atoms with E-state index in [2.05, 4.69) is 58.3 Å². The molecule has 1 aliphatic rings. The summed E-state index contributed by atoms with van der Waals surface area (Å²) < 4.78 is 0. The van der Waals surface area contributed by atoms with Crippen LogP contribution in [0.2, 0.25) is 0 Å². The monoisotopic (exact) mass is 376 g/mol. The van der Waals surface area contributed by atoms with Crippen molar-refractivity contribution in [1.29, 1.82) is 0 Å². The molecule has 2 heterocycles. The molecule has 1 unspecified atom stereocenters. The topological polar surface area (TPSA) is 51.6 Å². The van der Waals surface area contributed by atoms with E-state index in [1.807, 2.05) is 31.2 Å². The van der Waals surface area contributed by atoms with Crippen molar-refractivity contribution >= 4 is 28.0 Å². The van der Waals surface area contributed by atoms with E-state index in [4.69, 9.17) is 0 Å². The fourth-order valence-electron chi connectivity index (χ4n) is 3.89. The largest absolute Gasteiger partial charge is 0.392 e. The van der Waals surface area contributed by atoms with Gasteiger partial charge in [0, 0.05) is 53.7 Å². The maximum atomic E-state index is 9.91. The van der Waals surface area contributed by atoms with E-state index in [-0.39, 0.29) is 6.61 Å². The minimum atomic E-state index is -0.0384. The predicted molar refractivity (Wildman–Crippen MR) is 116 cm³/mol. The number of fused-ring (bicyclic) bond motifs is 1. The number of benzene rings is 2. The van der Waals surface area contributed by atoms with Crippen LogP contribution in [0, 0.1) is 6.92 Å². The molecule has 1 aromatic heterocycles. The maximum Gasteiger partial charge on any atom is 0.0726 e. The van der Waals surface area contributed by atoms with E-state index in [0.717, 1.165) is 53.2 Å². The first-order chi connectivity index (χ1) is 13.6. The predicted octanol–water partition coefficient (Wildman–Crippen LogP) is 3.92. The SMILES string of the molecule is Cc1nc2ccccc2c(Nc2ccc(N3CCN(C)C(C)C3)cc2)c1CO. The summed E-state index contributed by atoms with van der Waals surface area (Å²) in [5.41, 5.74) is 5.83. The van der Waals surface area contributed by atoms with Gasteiger partial charge in [-0.2, -0.15) is 0 Å². The number of piperazine rings is 1. The summed E-state index contributed by atoms with van der Waals surface area (Å²) in [4.78, 5) is 9.47. The van der Waals surface area contributed by atoms with E-state index in [0.29, 0.717) is 6.04 Å². The lowest BCUT2D eigenvalue weighted by Crippen LogP contribution is -2.50. The van der Waals surface area contributed by atoms with Gasteiger partial charge in [0.15, 0.2) is 0 Å². The summed E-state index contributed by atoms with van der Waals surface area (Å²) in [6, 6.07) is 17.2. The molecule has 28 heavy (non-hydrogen) atoms. The van der Waals surface area contributed by atoms with Crippen molar-refractivity contribution in [1.82, 2.24) is 9.88 Å². The number of para-hydroxylation sites is 1. The molecular formula is C23H28N4O. The Hall–Kier alpha value is -2.63. The highest BCUT2D eigenvalue weighted by Crippen LogP contribution is 2.32. The number of rotatable bonds is 4. The number of aliphatic hydroxyl groups excluding tert-OH is 1. The fraction of sp³-hybridized carbons (Fsp3) is 0.348. The van der Waals surface area contributed by atoms with Gasteiger partial charge in [0.2, 0.25) is 0 Å². The van der Waals surface area contributed by atoms with Gasteiger partial charge in [-0.25, -0.2) is 0 Å². The molecule has 146 valence electrons. The number of anilines is 3. The molecule has 2 aromatic carbocycles. The van der Waals surface area contributed by atoms with Crippen molar-refractivity contribution in [3.05, 3.63) is 59.8 Å². The van der Waals surface area contributed by atoms with Crippen molar-refractivity contribution in [3.8, 4) is 0 Å². The Morgan fingerprint density at radius 3 is 2.57 bits per heavy atom. The van der Waals surface area contributed by atoms with Crippen LogP contribution in [0.25, 0.3) is 10.9 Å². The molecule has 0 radical (unpaired) electrons. The van der Waals surface area contributed by atoms with Crippen LogP contribution < -0.4 is 10.2 Å². The zero-order chi connectivity index (χ0) is 19.7. The lowest BCUT2D eigenvalue weighted by Gasteiger charge is -2.39. The standard InChI is InChI=1S/C23H28N4O/c1-16-14-27(13-12-26(16)3)19-10-8-18(9-11-19)25-23-20-6-4-5-7-22(20)24-17(2)21(23)15-28/h4-11,16,28H,12-15H2,1-3H3,(H,24,25). The van der Waals surface area contributed by atoms with Crippen molar-refractivity contribution in [3.63, 3.8) is 0 Å². The lowest BCUT2D eigenvalue weighted by molar-refractivity contribution is 0.234. The van der Waals surface area contributed by atoms with Gasteiger partial charge in [-0.05, 0) is 51.2 Å². The molecular weight excluding hydrogens is 348 g/mol. The maximum absolute atomic E-state index is 9.91. The number of aromatic nitrogens is 1. The minimum absolute atomic E-state index is 0.0384. The lowest BCUT2D eigenvalue weighted by atomic mass is 10.1. The first kappa shape index (κ1) is 18.7. The molecule has 4 rings (SSSR count). The number of aryl methyl sites for hydroxylation is 1. The summed E-state index contributed by atoms with van der Waals surface area (Å²) in [5, 5.41) is 14.5. The van der Waals surface area contributed by atoms with Crippen LogP contribution in [-0.2, 0) is 6.61 Å². The number of hydrogen-bond acceptors (Lipinski definition) is 5. The number of hydrogen-bond donors (Lipinski definition) is 2. The van der Waals surface area contributed by atoms with Gasteiger partial charge in [0.1, 0.15) is 0 Å². The van der Waals surface area contributed by atoms with E-state index < -0.39 is 0 Å². The number of nitrogens with zero attached hydrogens (tertiary/aromatic N) is 3. The normalized spacial score (nSPS) is 17.9. The van der Waals surface area contributed by atoms with Crippen LogP contribution in [0.3, 0.4) is 0 Å². The summed E-state index contributed by atoms with van der Waals surface area (Å²) >= 11 is 0. The van der Waals surface area contributed by atoms with Crippen molar-refractivity contribution in [2.24, 2.45) is 0 Å². The fourth-order valence-corrected chi connectivity index (χ4v) is 3.89. The van der Waals surface area contributed by atoms with Gasteiger partial charge < -0.3 is 20.2 Å². The molecule has 0 saturated carbocycles. The quantitative estimate of drug-likeness (QED) is 0.723. The molecule has 2 N–H and O–H groups in total. The first-order valence-corrected chi connectivity index (χ1v) is 9.88. The zero-order valence-electron chi connectivity index (χ0n) is 16.8. The Balaban J connectivity index is 1.62. The number of likely N-dealkylation sites (N-methyl/N-ethyl adjacent to an activating group) is 1. The van der Waals surface area contributed by atoms with Gasteiger partial charge in [-0.15, -0.1) is 0 Å². The van der Waals surface area contributed by atoms with E-state index in [1.54, 1.807) is 0 Å². The van der Waals surface area contributed by atoms with Crippen molar-refractivity contribution in [2.75, 3.05) is 36.9 Å². The Bertz CT molecular complexity index is 970. The highest BCUT2D eigenvalue weighted by atomic mass is 16.3. The third kappa shape index (κ3) is 3.55. The van der Waals surface area contributed by atoms with Gasteiger partial charge in [0.05, 0.1) is 17.8 Å². The van der Waals surface area contributed by atoms with E-state index in [9.17, 15) is 5.11 Å². The molecule has 5 nitrogen and oxygen atoms in total. The van der Waals surface area contributed by atoms with Crippen LogP contribution in [-0.4, -0.2) is 47.7 Å². The minimum Gasteiger partial charge on any atom is -0.392 e. The number of aliphatic hydroxyl groups is 1. The van der Waals surface area contributed by atoms with Crippen molar-refractivity contribution in [2.45, 2.75) is 26.5 Å². The zero-order valence-corrected chi connectivity index (χ0v) is 16.8. The summed E-state index contributed by atoms with van der Waals surface area (Å²) in [5.74, 6) is 0. The molecule has 0 spiro atoms. The average Bonchev–Trinajstić information content (AvgIpc) is 2.71. The highest BCUT2D eigenvalue weighted by molar-refractivity contribution is 5.95. The Morgan fingerprint density at radius 2 is 1.86 bits per heavy atom. The third-order valence-electron chi connectivity index (χ3n) is 5.82. The van der Waals surface area contributed by atoms with Crippen LogP contribution in [0.15, 0.2) is 48.5 Å². The molecule has 3 aromatic rings. The Morgan fingerprint density at radius 1 is 1.11 bits per heavy atom. The van der Waals surface area contributed by atoms with Gasteiger partial charge in [-0.1, -0.05) is 18.2 Å². The molecule has 0 amide bonds. The molecule has 1 atom stereocenters. The number of nitrogens with one attached hydrogen (secondary N) is 1. The highest BCUT2D eigenvalue weighted by Gasteiger charge is 2.20. The third-order valence-corrected chi connectivity index (χ3v) is 5.82. The summed E-state index contributed by atoms with van der Waals surface area (Å²) in [7, 11) is 2.19. The Labute approximate surface area is 166 Å². The van der Waals surface area contributed by atoms with E-state index >= 15 is 0 Å². The molecule has 5 heteroatoms. The Kier molecular flexibility index (Phi) is 5.20.